The number of rotatable bonds is 2. The van der Waals surface area contributed by atoms with E-state index in [-0.39, 0.29) is 0 Å². The average Bonchev–Trinajstić information content (AvgIpc) is 2.06. The Morgan fingerprint density at radius 1 is 1.33 bits per heavy atom. The topological polar surface area (TPSA) is 72.3 Å². The van der Waals surface area contributed by atoms with Crippen LogP contribution in [0.4, 0.5) is 0 Å². The molecule has 3 heteroatoms. The fraction of sp³-hybridized carbons (Fsp3) is 0.333. The number of benzene rings is 1. The summed E-state index contributed by atoms with van der Waals surface area (Å²) in [5.74, 6) is 0. The standard InChI is InChI=1S/C9H14N2O/c1-7(10)9(11,12)8-5-3-2-4-6-8/h2-7,12H,10-11H2,1H3. The molecule has 5 N–H and O–H groups in total. The van der Waals surface area contributed by atoms with E-state index < -0.39 is 11.8 Å². The van der Waals surface area contributed by atoms with Crippen LogP contribution in [0.25, 0.3) is 0 Å². The molecule has 1 aromatic carbocycles. The summed E-state index contributed by atoms with van der Waals surface area (Å²) in [4.78, 5) is 0. The minimum atomic E-state index is -1.43. The van der Waals surface area contributed by atoms with Gasteiger partial charge in [-0.25, -0.2) is 0 Å². The second-order valence-electron chi connectivity index (χ2n) is 2.98. The Kier molecular flexibility index (Phi) is 2.47. The monoisotopic (exact) mass is 166 g/mol. The van der Waals surface area contributed by atoms with E-state index in [1.807, 2.05) is 18.2 Å². The Labute approximate surface area is 72.0 Å². The molecule has 0 heterocycles. The van der Waals surface area contributed by atoms with Gasteiger partial charge in [-0.1, -0.05) is 30.3 Å². The first-order valence-corrected chi connectivity index (χ1v) is 3.87. The summed E-state index contributed by atoms with van der Waals surface area (Å²) in [6.07, 6.45) is 0. The van der Waals surface area contributed by atoms with Gasteiger partial charge in [0.25, 0.3) is 0 Å². The maximum absolute atomic E-state index is 9.72. The van der Waals surface area contributed by atoms with Crippen LogP contribution in [0.3, 0.4) is 0 Å². The van der Waals surface area contributed by atoms with E-state index >= 15 is 0 Å². The first-order valence-electron chi connectivity index (χ1n) is 3.87. The van der Waals surface area contributed by atoms with Crippen LogP contribution in [0.2, 0.25) is 0 Å². The summed E-state index contributed by atoms with van der Waals surface area (Å²) in [5, 5.41) is 9.72. The molecule has 0 radical (unpaired) electrons. The van der Waals surface area contributed by atoms with Gasteiger partial charge in [0.15, 0.2) is 5.72 Å². The maximum atomic E-state index is 9.72. The Hall–Kier alpha value is -0.900. The van der Waals surface area contributed by atoms with Gasteiger partial charge in [0.2, 0.25) is 0 Å². The highest BCUT2D eigenvalue weighted by Crippen LogP contribution is 2.16. The second-order valence-corrected chi connectivity index (χ2v) is 2.98. The van der Waals surface area contributed by atoms with Crippen molar-refractivity contribution in [2.24, 2.45) is 11.5 Å². The predicted octanol–water partition coefficient (Wildman–Crippen LogP) is 0.138. The summed E-state index contributed by atoms with van der Waals surface area (Å²) < 4.78 is 0. The Morgan fingerprint density at radius 3 is 2.25 bits per heavy atom. The van der Waals surface area contributed by atoms with E-state index in [9.17, 15) is 5.11 Å². The van der Waals surface area contributed by atoms with Crippen molar-refractivity contribution in [2.75, 3.05) is 0 Å². The first kappa shape index (κ1) is 9.19. The third-order valence-corrected chi connectivity index (χ3v) is 1.93. The van der Waals surface area contributed by atoms with Crippen LogP contribution < -0.4 is 11.5 Å². The van der Waals surface area contributed by atoms with E-state index in [1.54, 1.807) is 19.1 Å². The first-order chi connectivity index (χ1) is 5.55. The van der Waals surface area contributed by atoms with Crippen molar-refractivity contribution in [1.29, 1.82) is 0 Å². The summed E-state index contributed by atoms with van der Waals surface area (Å²) in [6, 6.07) is 8.51. The van der Waals surface area contributed by atoms with Gasteiger partial charge in [-0.2, -0.15) is 0 Å². The summed E-state index contributed by atoms with van der Waals surface area (Å²) in [7, 11) is 0. The normalized spacial score (nSPS) is 18.3. The van der Waals surface area contributed by atoms with Gasteiger partial charge in [0, 0.05) is 6.04 Å². The van der Waals surface area contributed by atoms with E-state index in [0.717, 1.165) is 0 Å². The molecular formula is C9H14N2O. The molecule has 0 amide bonds. The predicted molar refractivity (Wildman–Crippen MR) is 48.2 cm³/mol. The van der Waals surface area contributed by atoms with Crippen molar-refractivity contribution in [3.63, 3.8) is 0 Å². The van der Waals surface area contributed by atoms with Crippen molar-refractivity contribution >= 4 is 0 Å². The molecule has 1 rings (SSSR count). The van der Waals surface area contributed by atoms with Gasteiger partial charge in [0.05, 0.1) is 0 Å². The van der Waals surface area contributed by atoms with Gasteiger partial charge in [-0.15, -0.1) is 0 Å². The van der Waals surface area contributed by atoms with Crippen molar-refractivity contribution in [3.8, 4) is 0 Å². The zero-order chi connectivity index (χ0) is 9.19. The molecule has 2 atom stereocenters. The Balaban J connectivity index is 2.98. The zero-order valence-electron chi connectivity index (χ0n) is 7.07. The molecule has 0 aromatic heterocycles. The molecule has 0 aliphatic heterocycles. The summed E-state index contributed by atoms with van der Waals surface area (Å²) in [5.41, 5.74) is 10.3. The maximum Gasteiger partial charge on any atom is 0.154 e. The molecule has 66 valence electrons. The number of aliphatic hydroxyl groups is 1. The smallest absolute Gasteiger partial charge is 0.154 e. The van der Waals surface area contributed by atoms with Crippen molar-refractivity contribution < 1.29 is 5.11 Å². The van der Waals surface area contributed by atoms with E-state index in [4.69, 9.17) is 11.5 Å². The highest BCUT2D eigenvalue weighted by molar-refractivity contribution is 5.22. The van der Waals surface area contributed by atoms with Crippen LogP contribution >= 0.6 is 0 Å². The second kappa shape index (κ2) is 3.23. The van der Waals surface area contributed by atoms with Gasteiger partial charge in [0.1, 0.15) is 0 Å². The van der Waals surface area contributed by atoms with Crippen molar-refractivity contribution in [2.45, 2.75) is 18.7 Å². The van der Waals surface area contributed by atoms with Gasteiger partial charge in [-0.05, 0) is 12.5 Å². The minimum absolute atomic E-state index is 0.486. The largest absolute Gasteiger partial charge is 0.370 e. The molecule has 1 aromatic rings. The van der Waals surface area contributed by atoms with Gasteiger partial charge < -0.3 is 10.8 Å². The minimum Gasteiger partial charge on any atom is -0.370 e. The van der Waals surface area contributed by atoms with Crippen LogP contribution in [0.1, 0.15) is 12.5 Å². The molecule has 0 spiro atoms. The third kappa shape index (κ3) is 1.64. The van der Waals surface area contributed by atoms with Gasteiger partial charge in [-0.3, -0.25) is 5.73 Å². The van der Waals surface area contributed by atoms with Crippen LogP contribution in [0, 0.1) is 0 Å². The van der Waals surface area contributed by atoms with Crippen molar-refractivity contribution in [1.82, 2.24) is 0 Å². The molecule has 0 aliphatic rings. The molecular weight excluding hydrogens is 152 g/mol. The number of hydrogen-bond donors (Lipinski definition) is 3. The Bertz CT molecular complexity index is 244. The SMILES string of the molecule is CC(N)C(N)(O)c1ccccc1. The highest BCUT2D eigenvalue weighted by atomic mass is 16.3. The number of hydrogen-bond acceptors (Lipinski definition) is 3. The molecule has 12 heavy (non-hydrogen) atoms. The lowest BCUT2D eigenvalue weighted by Crippen LogP contribution is -2.50. The van der Waals surface area contributed by atoms with Crippen LogP contribution in [-0.4, -0.2) is 11.1 Å². The molecule has 0 saturated carbocycles. The van der Waals surface area contributed by atoms with Gasteiger partial charge >= 0.3 is 0 Å². The van der Waals surface area contributed by atoms with E-state index in [0.29, 0.717) is 5.56 Å². The third-order valence-electron chi connectivity index (χ3n) is 1.93. The zero-order valence-corrected chi connectivity index (χ0v) is 7.07. The number of nitrogens with two attached hydrogens (primary N) is 2. The summed E-state index contributed by atoms with van der Waals surface area (Å²) >= 11 is 0. The molecule has 0 bridgehead atoms. The molecule has 0 aliphatic carbocycles. The average molecular weight is 166 g/mol. The summed E-state index contributed by atoms with van der Waals surface area (Å²) in [6.45, 7) is 1.67. The fourth-order valence-corrected chi connectivity index (χ4v) is 0.968. The van der Waals surface area contributed by atoms with E-state index in [2.05, 4.69) is 0 Å². The fourth-order valence-electron chi connectivity index (χ4n) is 0.968. The molecule has 2 unspecified atom stereocenters. The molecule has 3 nitrogen and oxygen atoms in total. The molecule has 0 fully saturated rings. The Morgan fingerprint density at radius 2 is 1.83 bits per heavy atom. The van der Waals surface area contributed by atoms with Crippen LogP contribution in [-0.2, 0) is 5.72 Å². The van der Waals surface area contributed by atoms with Crippen molar-refractivity contribution in [3.05, 3.63) is 35.9 Å². The lowest BCUT2D eigenvalue weighted by Gasteiger charge is -2.27. The lowest BCUT2D eigenvalue weighted by molar-refractivity contribution is 0.0217. The quantitative estimate of drug-likeness (QED) is 0.547. The van der Waals surface area contributed by atoms with E-state index in [1.165, 1.54) is 0 Å². The van der Waals surface area contributed by atoms with Crippen LogP contribution in [0.5, 0.6) is 0 Å². The van der Waals surface area contributed by atoms with Crippen LogP contribution in [0.15, 0.2) is 30.3 Å². The lowest BCUT2D eigenvalue weighted by atomic mass is 9.98. The molecule has 0 saturated heterocycles. The highest BCUT2D eigenvalue weighted by Gasteiger charge is 2.27.